The first-order valence-corrected chi connectivity index (χ1v) is 15.7. The van der Waals surface area contributed by atoms with Crippen LogP contribution in [0.2, 0.25) is 0 Å². The van der Waals surface area contributed by atoms with Gasteiger partial charge in [0.15, 0.2) is 0 Å². The number of hydrogen-bond acceptors (Lipinski definition) is 5. The molecule has 0 spiro atoms. The number of sulfonamides is 1. The Morgan fingerprint density at radius 3 is 2.27 bits per heavy atom. The number of benzene rings is 3. The second-order valence-electron chi connectivity index (χ2n) is 9.65. The molecule has 3 aromatic carbocycles. The fourth-order valence-corrected chi connectivity index (χ4v) is 5.44. The summed E-state index contributed by atoms with van der Waals surface area (Å²) < 4.78 is 32.8. The van der Waals surface area contributed by atoms with Crippen LogP contribution in [0.5, 0.6) is 5.75 Å². The number of rotatable bonds is 13. The Kier molecular flexibility index (Phi) is 11.2. The molecule has 8 nitrogen and oxygen atoms in total. The Morgan fingerprint density at radius 1 is 0.975 bits per heavy atom. The van der Waals surface area contributed by atoms with Crippen LogP contribution in [0.15, 0.2) is 83.3 Å². The van der Waals surface area contributed by atoms with Gasteiger partial charge in [-0.1, -0.05) is 71.4 Å². The fourth-order valence-electron chi connectivity index (χ4n) is 4.21. The topological polar surface area (TPSA) is 96.0 Å². The van der Waals surface area contributed by atoms with Crippen LogP contribution < -0.4 is 14.4 Å². The van der Waals surface area contributed by atoms with E-state index in [0.29, 0.717) is 15.9 Å². The molecule has 3 aromatic rings. The highest BCUT2D eigenvalue weighted by Gasteiger charge is 2.33. The molecule has 0 heterocycles. The number of hydrogen-bond donors (Lipinski definition) is 1. The van der Waals surface area contributed by atoms with Gasteiger partial charge in [0, 0.05) is 23.5 Å². The predicted octanol–water partition coefficient (Wildman–Crippen LogP) is 4.78. The molecule has 0 bridgehead atoms. The third-order valence-corrected chi connectivity index (χ3v) is 8.17. The van der Waals surface area contributed by atoms with E-state index >= 15 is 0 Å². The fraction of sp³-hybridized carbons (Fsp3) is 0.333. The molecule has 0 radical (unpaired) electrons. The zero-order valence-corrected chi connectivity index (χ0v) is 25.6. The van der Waals surface area contributed by atoms with Crippen LogP contribution in [0.1, 0.15) is 31.4 Å². The number of amides is 2. The number of carbonyl (C=O) groups is 2. The average Bonchev–Trinajstić information content (AvgIpc) is 2.93. The summed E-state index contributed by atoms with van der Waals surface area (Å²) in [7, 11) is -2.27. The summed E-state index contributed by atoms with van der Waals surface area (Å²) in [5, 5.41) is 3.02. The highest BCUT2D eigenvalue weighted by Crippen LogP contribution is 2.24. The molecule has 3 rings (SSSR count). The largest absolute Gasteiger partial charge is 0.497 e. The molecule has 0 saturated heterocycles. The molecular weight excluding hydrogens is 594 g/mol. The Balaban J connectivity index is 2.07. The van der Waals surface area contributed by atoms with E-state index in [4.69, 9.17) is 4.74 Å². The van der Waals surface area contributed by atoms with E-state index in [-0.39, 0.29) is 24.9 Å². The first-order valence-electron chi connectivity index (χ1n) is 13.0. The predicted molar refractivity (Wildman–Crippen MR) is 162 cm³/mol. The molecule has 0 fully saturated rings. The van der Waals surface area contributed by atoms with Crippen molar-refractivity contribution in [1.82, 2.24) is 10.2 Å². The minimum atomic E-state index is -3.83. The Morgan fingerprint density at radius 2 is 1.65 bits per heavy atom. The van der Waals surface area contributed by atoms with Gasteiger partial charge in [-0.25, -0.2) is 8.42 Å². The van der Waals surface area contributed by atoms with E-state index in [9.17, 15) is 18.0 Å². The van der Waals surface area contributed by atoms with Crippen molar-refractivity contribution in [3.8, 4) is 5.75 Å². The molecule has 214 valence electrons. The first-order chi connectivity index (χ1) is 19.0. The van der Waals surface area contributed by atoms with Crippen molar-refractivity contribution < 1.29 is 22.7 Å². The van der Waals surface area contributed by atoms with Crippen LogP contribution in [0, 0.1) is 0 Å². The first kappa shape index (κ1) is 31.2. The molecule has 2 amide bonds. The quantitative estimate of drug-likeness (QED) is 0.294. The standard InChI is InChI=1S/C30H36BrN3O5S/c1-5-22(2)32-30(36)28(18-23-11-7-6-8-12-23)33(20-24-13-9-16-27(17-24)39-3)29(35)21-34(40(4,37)38)26-15-10-14-25(31)19-26/h6-17,19,22,28H,5,18,20-21H2,1-4H3,(H,32,36)/t22-,28-/m1/s1. The second kappa shape index (κ2) is 14.3. The Bertz CT molecular complexity index is 1400. The number of halogens is 1. The Hall–Kier alpha value is -3.37. The summed E-state index contributed by atoms with van der Waals surface area (Å²) in [5.74, 6) is -0.197. The van der Waals surface area contributed by atoms with Crippen molar-refractivity contribution in [1.29, 1.82) is 0 Å². The minimum absolute atomic E-state index is 0.0809. The molecule has 0 aromatic heterocycles. The molecule has 40 heavy (non-hydrogen) atoms. The van der Waals surface area contributed by atoms with Crippen molar-refractivity contribution in [2.24, 2.45) is 0 Å². The molecule has 0 unspecified atom stereocenters. The maximum Gasteiger partial charge on any atom is 0.244 e. The van der Waals surface area contributed by atoms with E-state index in [1.54, 1.807) is 43.5 Å². The summed E-state index contributed by atoms with van der Waals surface area (Å²) >= 11 is 3.38. The molecule has 0 aliphatic carbocycles. The Labute approximate surface area is 245 Å². The zero-order valence-electron chi connectivity index (χ0n) is 23.2. The van der Waals surface area contributed by atoms with Gasteiger partial charge >= 0.3 is 0 Å². The molecule has 0 aliphatic rings. The number of nitrogens with zero attached hydrogens (tertiary/aromatic N) is 2. The summed E-state index contributed by atoms with van der Waals surface area (Å²) in [6.07, 6.45) is 2.04. The van der Waals surface area contributed by atoms with Crippen LogP contribution in [0.4, 0.5) is 5.69 Å². The van der Waals surface area contributed by atoms with E-state index < -0.39 is 28.5 Å². The monoisotopic (exact) mass is 629 g/mol. The maximum atomic E-state index is 14.1. The minimum Gasteiger partial charge on any atom is -0.497 e. The van der Waals surface area contributed by atoms with Crippen LogP contribution >= 0.6 is 15.9 Å². The van der Waals surface area contributed by atoms with Gasteiger partial charge in [-0.05, 0) is 54.8 Å². The third-order valence-electron chi connectivity index (χ3n) is 6.53. The maximum absolute atomic E-state index is 14.1. The zero-order chi connectivity index (χ0) is 29.3. The highest BCUT2D eigenvalue weighted by atomic mass is 79.9. The molecular formula is C30H36BrN3O5S. The SMILES string of the molecule is CC[C@@H](C)NC(=O)[C@@H](Cc1ccccc1)N(Cc1cccc(OC)c1)C(=O)CN(c1cccc(Br)c1)S(C)(=O)=O. The van der Waals surface area contributed by atoms with Gasteiger partial charge < -0.3 is 15.0 Å². The van der Waals surface area contributed by atoms with Gasteiger partial charge in [0.25, 0.3) is 0 Å². The van der Waals surface area contributed by atoms with E-state index in [0.717, 1.165) is 28.1 Å². The lowest BCUT2D eigenvalue weighted by Gasteiger charge is -2.34. The van der Waals surface area contributed by atoms with Crippen molar-refractivity contribution in [2.75, 3.05) is 24.2 Å². The van der Waals surface area contributed by atoms with Gasteiger partial charge in [0.2, 0.25) is 21.8 Å². The van der Waals surface area contributed by atoms with Crippen molar-refractivity contribution in [3.63, 3.8) is 0 Å². The normalized spacial score (nSPS) is 12.7. The molecule has 2 atom stereocenters. The highest BCUT2D eigenvalue weighted by molar-refractivity contribution is 9.10. The summed E-state index contributed by atoms with van der Waals surface area (Å²) in [5.41, 5.74) is 1.97. The van der Waals surface area contributed by atoms with Gasteiger partial charge in [0.1, 0.15) is 18.3 Å². The lowest BCUT2D eigenvalue weighted by Crippen LogP contribution is -2.54. The average molecular weight is 631 g/mol. The van der Waals surface area contributed by atoms with Gasteiger partial charge in [0.05, 0.1) is 19.1 Å². The summed E-state index contributed by atoms with van der Waals surface area (Å²) in [4.78, 5) is 29.3. The summed E-state index contributed by atoms with van der Waals surface area (Å²) in [6, 6.07) is 22.5. The van der Waals surface area contributed by atoms with Crippen LogP contribution in [-0.4, -0.2) is 57.1 Å². The van der Waals surface area contributed by atoms with Gasteiger partial charge in [-0.15, -0.1) is 0 Å². The molecule has 1 N–H and O–H groups in total. The lowest BCUT2D eigenvalue weighted by atomic mass is 10.0. The number of ether oxygens (including phenoxy) is 1. The second-order valence-corrected chi connectivity index (χ2v) is 12.5. The number of nitrogens with one attached hydrogen (secondary N) is 1. The summed E-state index contributed by atoms with van der Waals surface area (Å²) in [6.45, 7) is 3.49. The molecule has 10 heteroatoms. The van der Waals surface area contributed by atoms with E-state index in [2.05, 4.69) is 21.2 Å². The van der Waals surface area contributed by atoms with Crippen LogP contribution in [0.25, 0.3) is 0 Å². The van der Waals surface area contributed by atoms with E-state index in [1.165, 1.54) is 4.90 Å². The van der Waals surface area contributed by atoms with Crippen molar-refractivity contribution in [3.05, 3.63) is 94.5 Å². The van der Waals surface area contributed by atoms with Crippen molar-refractivity contribution in [2.45, 2.75) is 45.3 Å². The van der Waals surface area contributed by atoms with Crippen molar-refractivity contribution >= 4 is 43.5 Å². The molecule has 0 saturated carbocycles. The van der Waals surface area contributed by atoms with Gasteiger partial charge in [-0.2, -0.15) is 0 Å². The number of anilines is 1. The van der Waals surface area contributed by atoms with Crippen LogP contribution in [-0.2, 0) is 32.6 Å². The lowest BCUT2D eigenvalue weighted by molar-refractivity contribution is -0.140. The number of carbonyl (C=O) groups excluding carboxylic acids is 2. The smallest absolute Gasteiger partial charge is 0.244 e. The van der Waals surface area contributed by atoms with E-state index in [1.807, 2.05) is 56.3 Å². The van der Waals surface area contributed by atoms with Crippen LogP contribution in [0.3, 0.4) is 0 Å². The van der Waals surface area contributed by atoms with Gasteiger partial charge in [-0.3, -0.25) is 13.9 Å². The number of methoxy groups -OCH3 is 1. The molecule has 0 aliphatic heterocycles. The third kappa shape index (κ3) is 8.82.